The average Bonchev–Trinajstić information content (AvgIpc) is 2.50. The number of piperidine rings is 1. The number of likely N-dealkylation sites (tertiary alicyclic amines) is 1. The molecule has 0 saturated carbocycles. The summed E-state index contributed by atoms with van der Waals surface area (Å²) in [6, 6.07) is 1.35. The molecular weight excluding hydrogens is 280 g/mol. The second kappa shape index (κ2) is 7.29. The number of aromatic hydroxyl groups is 1. The Kier molecular flexibility index (Phi) is 5.64. The van der Waals surface area contributed by atoms with Gasteiger partial charge in [0.25, 0.3) is 0 Å². The van der Waals surface area contributed by atoms with Crippen molar-refractivity contribution in [1.82, 2.24) is 9.47 Å². The number of pyridine rings is 1. The third-order valence-electron chi connectivity index (χ3n) is 4.81. The molecule has 1 unspecified atom stereocenters. The van der Waals surface area contributed by atoms with Crippen molar-refractivity contribution in [1.29, 1.82) is 0 Å². The van der Waals surface area contributed by atoms with Crippen LogP contribution in [0.2, 0.25) is 0 Å². The van der Waals surface area contributed by atoms with E-state index in [4.69, 9.17) is 0 Å². The van der Waals surface area contributed by atoms with Crippen LogP contribution in [0.25, 0.3) is 0 Å². The van der Waals surface area contributed by atoms with Crippen LogP contribution in [0.5, 0.6) is 5.75 Å². The van der Waals surface area contributed by atoms with Gasteiger partial charge in [-0.25, -0.2) is 0 Å². The molecule has 2 rings (SSSR count). The lowest BCUT2D eigenvalue weighted by Gasteiger charge is -2.32. The first kappa shape index (κ1) is 17.0. The molecule has 1 atom stereocenters. The predicted octanol–water partition coefficient (Wildman–Crippen LogP) is 2.04. The van der Waals surface area contributed by atoms with E-state index in [0.717, 1.165) is 44.0 Å². The van der Waals surface area contributed by atoms with Crippen LogP contribution in [-0.4, -0.2) is 39.4 Å². The van der Waals surface area contributed by atoms with Crippen molar-refractivity contribution in [3.05, 3.63) is 27.7 Å². The summed E-state index contributed by atoms with van der Waals surface area (Å²) >= 11 is 0. The summed E-state index contributed by atoms with van der Waals surface area (Å²) < 4.78 is 1.94. The minimum atomic E-state index is -0.332. The van der Waals surface area contributed by atoms with Crippen molar-refractivity contribution in [3.63, 3.8) is 0 Å². The fraction of sp³-hybridized carbons (Fsp3) is 0.706. The highest BCUT2D eigenvalue weighted by Crippen LogP contribution is 2.25. The molecule has 1 fully saturated rings. The zero-order chi connectivity index (χ0) is 16.3. The van der Waals surface area contributed by atoms with E-state index in [1.807, 2.05) is 18.4 Å². The summed E-state index contributed by atoms with van der Waals surface area (Å²) in [6.07, 6.45) is 3.05. The Labute approximate surface area is 132 Å². The van der Waals surface area contributed by atoms with Crippen LogP contribution >= 0.6 is 0 Å². The van der Waals surface area contributed by atoms with Crippen LogP contribution in [0.1, 0.15) is 50.5 Å². The molecule has 2 N–H and O–H groups in total. The molecular formula is C17H28N2O3. The van der Waals surface area contributed by atoms with Gasteiger partial charge in [0.15, 0.2) is 5.75 Å². The monoisotopic (exact) mass is 308 g/mol. The minimum absolute atomic E-state index is 0.00366. The summed E-state index contributed by atoms with van der Waals surface area (Å²) in [5, 5.41) is 19.9. The standard InChI is InChI=1S/C17H28N2O3/c1-4-14(11-20)19-13(3)9-16(21)17(22)15(19)10-18-7-5-12(2)6-8-18/h9,12,14,20,22H,4-8,10-11H2,1-3H3. The van der Waals surface area contributed by atoms with Gasteiger partial charge in [0.1, 0.15) is 0 Å². The van der Waals surface area contributed by atoms with Crippen molar-refractivity contribution in [2.24, 2.45) is 5.92 Å². The Bertz CT molecular complexity index is 556. The van der Waals surface area contributed by atoms with Gasteiger partial charge < -0.3 is 14.8 Å². The molecule has 0 spiro atoms. The summed E-state index contributed by atoms with van der Waals surface area (Å²) in [6.45, 7) is 8.66. The number of aliphatic hydroxyl groups excluding tert-OH is 1. The maximum atomic E-state index is 12.0. The van der Waals surface area contributed by atoms with Crippen molar-refractivity contribution in [2.45, 2.75) is 52.6 Å². The highest BCUT2D eigenvalue weighted by Gasteiger charge is 2.22. The van der Waals surface area contributed by atoms with Gasteiger partial charge in [-0.05, 0) is 45.2 Å². The Morgan fingerprint density at radius 2 is 2.00 bits per heavy atom. The molecule has 0 amide bonds. The van der Waals surface area contributed by atoms with Crippen LogP contribution in [-0.2, 0) is 6.54 Å². The van der Waals surface area contributed by atoms with Gasteiger partial charge >= 0.3 is 0 Å². The zero-order valence-corrected chi connectivity index (χ0v) is 13.9. The molecule has 0 aliphatic carbocycles. The van der Waals surface area contributed by atoms with Gasteiger partial charge in [-0.3, -0.25) is 9.69 Å². The number of hydrogen-bond acceptors (Lipinski definition) is 4. The lowest BCUT2D eigenvalue weighted by atomic mass is 9.99. The van der Waals surface area contributed by atoms with Crippen LogP contribution in [0.4, 0.5) is 0 Å². The van der Waals surface area contributed by atoms with E-state index < -0.39 is 0 Å². The fourth-order valence-corrected chi connectivity index (χ4v) is 3.28. The second-order valence-corrected chi connectivity index (χ2v) is 6.52. The third-order valence-corrected chi connectivity index (χ3v) is 4.81. The number of hydrogen-bond donors (Lipinski definition) is 2. The van der Waals surface area contributed by atoms with Gasteiger partial charge in [-0.15, -0.1) is 0 Å². The lowest BCUT2D eigenvalue weighted by Crippen LogP contribution is -2.35. The van der Waals surface area contributed by atoms with Gasteiger partial charge in [0, 0.05) is 18.3 Å². The predicted molar refractivity (Wildman–Crippen MR) is 87.2 cm³/mol. The highest BCUT2D eigenvalue weighted by atomic mass is 16.3. The van der Waals surface area contributed by atoms with E-state index in [1.54, 1.807) is 0 Å². The van der Waals surface area contributed by atoms with Crippen molar-refractivity contribution >= 4 is 0 Å². The molecule has 1 saturated heterocycles. The first-order valence-electron chi connectivity index (χ1n) is 8.25. The van der Waals surface area contributed by atoms with Crippen LogP contribution in [0.3, 0.4) is 0 Å². The first-order chi connectivity index (χ1) is 10.5. The second-order valence-electron chi connectivity index (χ2n) is 6.52. The molecule has 1 aliphatic heterocycles. The topological polar surface area (TPSA) is 65.7 Å². The quantitative estimate of drug-likeness (QED) is 0.873. The molecule has 124 valence electrons. The van der Waals surface area contributed by atoms with E-state index in [2.05, 4.69) is 11.8 Å². The molecule has 22 heavy (non-hydrogen) atoms. The number of nitrogens with zero attached hydrogens (tertiary/aromatic N) is 2. The summed E-state index contributed by atoms with van der Waals surface area (Å²) in [5.74, 6) is 0.571. The molecule has 1 aromatic rings. The molecule has 0 bridgehead atoms. The smallest absolute Gasteiger partial charge is 0.223 e. The number of aryl methyl sites for hydroxylation is 1. The largest absolute Gasteiger partial charge is 0.503 e. The maximum Gasteiger partial charge on any atom is 0.223 e. The van der Waals surface area contributed by atoms with Crippen molar-refractivity contribution < 1.29 is 10.2 Å². The van der Waals surface area contributed by atoms with Crippen LogP contribution in [0.15, 0.2) is 10.9 Å². The Morgan fingerprint density at radius 1 is 1.36 bits per heavy atom. The van der Waals surface area contributed by atoms with Gasteiger partial charge in [-0.2, -0.15) is 0 Å². The molecule has 0 radical (unpaired) electrons. The molecule has 1 aliphatic rings. The van der Waals surface area contributed by atoms with E-state index in [1.165, 1.54) is 6.07 Å². The molecule has 5 heteroatoms. The van der Waals surface area contributed by atoms with E-state index >= 15 is 0 Å². The van der Waals surface area contributed by atoms with Gasteiger partial charge in [-0.1, -0.05) is 13.8 Å². The Hall–Kier alpha value is -1.33. The van der Waals surface area contributed by atoms with Crippen LogP contribution < -0.4 is 5.43 Å². The molecule has 0 aromatic carbocycles. The Balaban J connectivity index is 2.37. The highest BCUT2D eigenvalue weighted by molar-refractivity contribution is 5.30. The first-order valence-corrected chi connectivity index (χ1v) is 8.25. The maximum absolute atomic E-state index is 12.0. The summed E-state index contributed by atoms with van der Waals surface area (Å²) in [7, 11) is 0. The molecule has 2 heterocycles. The minimum Gasteiger partial charge on any atom is -0.503 e. The van der Waals surface area contributed by atoms with Crippen molar-refractivity contribution in [3.8, 4) is 5.75 Å². The fourth-order valence-electron chi connectivity index (χ4n) is 3.28. The number of aliphatic hydroxyl groups is 1. The zero-order valence-electron chi connectivity index (χ0n) is 13.9. The molecule has 5 nitrogen and oxygen atoms in total. The summed E-state index contributed by atoms with van der Waals surface area (Å²) in [5.41, 5.74) is 1.10. The lowest BCUT2D eigenvalue weighted by molar-refractivity contribution is 0.170. The number of aromatic nitrogens is 1. The SMILES string of the molecule is CCC(CO)n1c(C)cc(=O)c(O)c1CN1CCC(C)CC1. The van der Waals surface area contributed by atoms with E-state index in [0.29, 0.717) is 12.2 Å². The Morgan fingerprint density at radius 3 is 2.55 bits per heavy atom. The van der Waals surface area contributed by atoms with E-state index in [-0.39, 0.29) is 23.8 Å². The number of rotatable bonds is 5. The van der Waals surface area contributed by atoms with Crippen LogP contribution in [0, 0.1) is 12.8 Å². The average molecular weight is 308 g/mol. The van der Waals surface area contributed by atoms with Gasteiger partial charge in [0.05, 0.1) is 18.3 Å². The third kappa shape index (κ3) is 3.52. The van der Waals surface area contributed by atoms with Crippen molar-refractivity contribution in [2.75, 3.05) is 19.7 Å². The molecule has 1 aromatic heterocycles. The van der Waals surface area contributed by atoms with Gasteiger partial charge in [0.2, 0.25) is 5.43 Å². The summed E-state index contributed by atoms with van der Waals surface area (Å²) in [4.78, 5) is 14.2. The normalized spacial score (nSPS) is 18.5. The van der Waals surface area contributed by atoms with E-state index in [9.17, 15) is 15.0 Å².